The van der Waals surface area contributed by atoms with Crippen molar-refractivity contribution in [3.63, 3.8) is 0 Å². The van der Waals surface area contributed by atoms with Gasteiger partial charge in [-0.1, -0.05) is 12.1 Å². The molecule has 4 rings (SSSR count). The monoisotopic (exact) mass is 504 g/mol. The number of carbonyl (C=O) groups excluding carboxylic acids is 1. The van der Waals surface area contributed by atoms with Gasteiger partial charge in [-0.3, -0.25) is 4.79 Å². The molecule has 2 aromatic carbocycles. The molecule has 1 unspecified atom stereocenters. The van der Waals surface area contributed by atoms with Crippen LogP contribution in [0.1, 0.15) is 32.3 Å². The molecule has 182 valence electrons. The van der Waals surface area contributed by atoms with E-state index >= 15 is 0 Å². The number of rotatable bonds is 10. The minimum absolute atomic E-state index is 0.0938. The van der Waals surface area contributed by atoms with E-state index in [1.165, 1.54) is 10.4 Å². The number of carbonyl (C=O) groups is 1. The Morgan fingerprint density at radius 2 is 1.94 bits per heavy atom. The Hall–Kier alpha value is -2.76. The Bertz CT molecular complexity index is 1260. The molecule has 11 heteroatoms. The summed E-state index contributed by atoms with van der Waals surface area (Å²) in [6, 6.07) is 9.87. The first-order valence-corrected chi connectivity index (χ1v) is 13.5. The van der Waals surface area contributed by atoms with Crippen LogP contribution in [0.3, 0.4) is 0 Å². The molecule has 0 aliphatic carbocycles. The van der Waals surface area contributed by atoms with Gasteiger partial charge in [0.2, 0.25) is 15.9 Å². The van der Waals surface area contributed by atoms with Gasteiger partial charge < -0.3 is 14.8 Å². The van der Waals surface area contributed by atoms with E-state index in [2.05, 4.69) is 14.1 Å². The number of hydrogen-bond acceptors (Lipinski definition) is 8. The third-order valence-corrected chi connectivity index (χ3v) is 8.15. The van der Waals surface area contributed by atoms with E-state index in [1.54, 1.807) is 12.1 Å². The van der Waals surface area contributed by atoms with Crippen molar-refractivity contribution in [1.29, 1.82) is 0 Å². The Kier molecular flexibility index (Phi) is 7.64. The molecule has 1 fully saturated rings. The molecule has 0 saturated carbocycles. The Labute approximate surface area is 203 Å². The molecule has 0 spiro atoms. The smallest absolute Gasteiger partial charge is 0.246 e. The van der Waals surface area contributed by atoms with E-state index in [0.717, 1.165) is 17.3 Å². The molecule has 0 bridgehead atoms. The second kappa shape index (κ2) is 10.7. The number of nitrogens with zero attached hydrogens (tertiary/aromatic N) is 3. The SMILES string of the molecule is CCOc1ccc(CCNC(=O)C2CCCN2S(=O)(=O)c2cccc3nsnc23)cc1OCC. The summed E-state index contributed by atoms with van der Waals surface area (Å²) in [4.78, 5) is 13.1. The number of ether oxygens (including phenoxy) is 2. The summed E-state index contributed by atoms with van der Waals surface area (Å²) < 4.78 is 47.6. The predicted octanol–water partition coefficient (Wildman–Crippen LogP) is 3.00. The van der Waals surface area contributed by atoms with Gasteiger partial charge in [-0.05, 0) is 62.9 Å². The van der Waals surface area contributed by atoms with Gasteiger partial charge in [-0.25, -0.2) is 8.42 Å². The number of sulfonamides is 1. The van der Waals surface area contributed by atoms with Crippen molar-refractivity contribution >= 4 is 38.7 Å². The van der Waals surface area contributed by atoms with Crippen LogP contribution in [-0.2, 0) is 21.2 Å². The van der Waals surface area contributed by atoms with Gasteiger partial charge in [0, 0.05) is 13.1 Å². The van der Waals surface area contributed by atoms with Gasteiger partial charge in [-0.2, -0.15) is 13.1 Å². The number of nitrogens with one attached hydrogen (secondary N) is 1. The summed E-state index contributed by atoms with van der Waals surface area (Å²) >= 11 is 0.970. The average Bonchev–Trinajstić information content (AvgIpc) is 3.51. The molecule has 2 heterocycles. The van der Waals surface area contributed by atoms with Crippen LogP contribution in [0.4, 0.5) is 0 Å². The first-order chi connectivity index (χ1) is 16.5. The van der Waals surface area contributed by atoms with E-state index in [0.29, 0.717) is 68.1 Å². The lowest BCUT2D eigenvalue weighted by Crippen LogP contribution is -2.46. The summed E-state index contributed by atoms with van der Waals surface area (Å²) in [5.41, 5.74) is 1.87. The molecule has 1 amide bonds. The molecule has 1 N–H and O–H groups in total. The Morgan fingerprint density at radius 3 is 2.74 bits per heavy atom. The van der Waals surface area contributed by atoms with Crippen LogP contribution in [-0.4, -0.2) is 59.7 Å². The largest absolute Gasteiger partial charge is 0.490 e. The zero-order valence-electron chi connectivity index (χ0n) is 19.2. The fourth-order valence-electron chi connectivity index (χ4n) is 4.10. The topological polar surface area (TPSA) is 111 Å². The summed E-state index contributed by atoms with van der Waals surface area (Å²) in [7, 11) is -3.88. The zero-order chi connectivity index (χ0) is 24.1. The van der Waals surface area contributed by atoms with Crippen LogP contribution in [0.15, 0.2) is 41.3 Å². The van der Waals surface area contributed by atoms with E-state index in [1.807, 2.05) is 32.0 Å². The molecule has 34 heavy (non-hydrogen) atoms. The van der Waals surface area contributed by atoms with Gasteiger partial charge in [0.25, 0.3) is 0 Å². The Morgan fingerprint density at radius 1 is 1.15 bits per heavy atom. The van der Waals surface area contributed by atoms with Crippen molar-refractivity contribution in [3.05, 3.63) is 42.0 Å². The maximum absolute atomic E-state index is 13.4. The maximum Gasteiger partial charge on any atom is 0.246 e. The number of fused-ring (bicyclic) bond motifs is 1. The molecule has 1 atom stereocenters. The normalized spacial score (nSPS) is 16.6. The lowest BCUT2D eigenvalue weighted by atomic mass is 10.1. The quantitative estimate of drug-likeness (QED) is 0.452. The molecular formula is C23H28N4O5S2. The van der Waals surface area contributed by atoms with Gasteiger partial charge in [0.05, 0.1) is 24.9 Å². The second-order valence-corrected chi connectivity index (χ2v) is 10.2. The number of benzene rings is 2. The van der Waals surface area contributed by atoms with Crippen LogP contribution >= 0.6 is 11.7 Å². The standard InChI is InChI=1S/C23H28N4O5S2/c1-3-31-19-11-10-16(15-20(19)32-4-2)12-13-24-23(28)18-8-6-14-27(18)34(29,30)21-9-5-7-17-22(21)26-33-25-17/h5,7,9-11,15,18H,3-4,6,8,12-14H2,1-2H3,(H,24,28). The molecular weight excluding hydrogens is 476 g/mol. The highest BCUT2D eigenvalue weighted by molar-refractivity contribution is 7.89. The van der Waals surface area contributed by atoms with Crippen LogP contribution in [0, 0.1) is 0 Å². The van der Waals surface area contributed by atoms with Crippen LogP contribution in [0.25, 0.3) is 11.0 Å². The molecule has 1 aromatic heterocycles. The predicted molar refractivity (Wildman–Crippen MR) is 130 cm³/mol. The first-order valence-electron chi connectivity index (χ1n) is 11.3. The van der Waals surface area contributed by atoms with Crippen molar-refractivity contribution in [2.45, 2.75) is 44.0 Å². The molecule has 9 nitrogen and oxygen atoms in total. The fourth-order valence-corrected chi connectivity index (χ4v) is 6.52. The third kappa shape index (κ3) is 5.01. The lowest BCUT2D eigenvalue weighted by Gasteiger charge is -2.23. The van der Waals surface area contributed by atoms with Crippen LogP contribution < -0.4 is 14.8 Å². The lowest BCUT2D eigenvalue weighted by molar-refractivity contribution is -0.124. The van der Waals surface area contributed by atoms with E-state index in [4.69, 9.17) is 9.47 Å². The van der Waals surface area contributed by atoms with Gasteiger partial charge >= 0.3 is 0 Å². The van der Waals surface area contributed by atoms with Crippen molar-refractivity contribution in [3.8, 4) is 11.5 Å². The van der Waals surface area contributed by atoms with Gasteiger partial charge in [0.1, 0.15) is 22.0 Å². The number of amides is 1. The summed E-state index contributed by atoms with van der Waals surface area (Å²) in [5, 5.41) is 2.91. The van der Waals surface area contributed by atoms with E-state index < -0.39 is 16.1 Å². The molecule has 1 aliphatic rings. The average molecular weight is 505 g/mol. The maximum atomic E-state index is 13.4. The van der Waals surface area contributed by atoms with Gasteiger partial charge in [-0.15, -0.1) is 0 Å². The molecule has 0 radical (unpaired) electrons. The summed E-state index contributed by atoms with van der Waals surface area (Å²) in [5.74, 6) is 1.07. The third-order valence-electron chi connectivity index (χ3n) is 5.66. The number of aromatic nitrogens is 2. The highest BCUT2D eigenvalue weighted by Crippen LogP contribution is 2.30. The first kappa shape index (κ1) is 24.4. The molecule has 1 aliphatic heterocycles. The Balaban J connectivity index is 1.42. The van der Waals surface area contributed by atoms with Crippen molar-refractivity contribution in [1.82, 2.24) is 18.4 Å². The van der Waals surface area contributed by atoms with Crippen LogP contribution in [0.5, 0.6) is 11.5 Å². The zero-order valence-corrected chi connectivity index (χ0v) is 20.8. The van der Waals surface area contributed by atoms with Gasteiger partial charge in [0.15, 0.2) is 11.5 Å². The van der Waals surface area contributed by atoms with Crippen molar-refractivity contribution in [2.24, 2.45) is 0 Å². The number of hydrogen-bond donors (Lipinski definition) is 1. The highest BCUT2D eigenvalue weighted by Gasteiger charge is 2.40. The molecule has 3 aromatic rings. The minimum Gasteiger partial charge on any atom is -0.490 e. The highest BCUT2D eigenvalue weighted by atomic mass is 32.2. The van der Waals surface area contributed by atoms with Crippen LogP contribution in [0.2, 0.25) is 0 Å². The second-order valence-electron chi connectivity index (χ2n) is 7.85. The summed E-state index contributed by atoms with van der Waals surface area (Å²) in [6.45, 7) is 5.58. The van der Waals surface area contributed by atoms with Crippen molar-refractivity contribution < 1.29 is 22.7 Å². The molecule has 1 saturated heterocycles. The van der Waals surface area contributed by atoms with E-state index in [9.17, 15) is 13.2 Å². The fraction of sp³-hybridized carbons (Fsp3) is 0.435. The van der Waals surface area contributed by atoms with E-state index in [-0.39, 0.29) is 10.8 Å². The summed E-state index contributed by atoms with van der Waals surface area (Å²) in [6.07, 6.45) is 1.69. The minimum atomic E-state index is -3.88. The van der Waals surface area contributed by atoms with Crippen molar-refractivity contribution in [2.75, 3.05) is 26.3 Å².